The fourth-order valence-corrected chi connectivity index (χ4v) is 2.02. The molecule has 0 aliphatic rings. The Kier molecular flexibility index (Phi) is 5.98. The first-order valence-electron chi connectivity index (χ1n) is 7.02. The smallest absolute Gasteiger partial charge is 0.457 e. The molecule has 0 saturated carbocycles. The largest absolute Gasteiger partial charge is 0.488 e. The van der Waals surface area contributed by atoms with Crippen molar-refractivity contribution < 1.29 is 22.3 Å². The maximum atomic E-state index is 13.7. The van der Waals surface area contributed by atoms with Gasteiger partial charge >= 0.3 is 6.30 Å². The summed E-state index contributed by atoms with van der Waals surface area (Å²) in [7, 11) is 0. The van der Waals surface area contributed by atoms with E-state index >= 15 is 0 Å². The number of hydrogen-bond donors (Lipinski definition) is 3. The van der Waals surface area contributed by atoms with Crippen molar-refractivity contribution in [3.05, 3.63) is 29.6 Å². The number of halogens is 4. The Morgan fingerprint density at radius 1 is 1.26 bits per heavy atom. The van der Waals surface area contributed by atoms with E-state index in [1.54, 1.807) is 20.8 Å². The summed E-state index contributed by atoms with van der Waals surface area (Å²) in [5, 5.41) is 8.62. The lowest BCUT2D eigenvalue weighted by atomic mass is 10.0. The molecule has 0 bridgehead atoms. The van der Waals surface area contributed by atoms with E-state index in [0.29, 0.717) is 0 Å². The van der Waals surface area contributed by atoms with E-state index in [-0.39, 0.29) is 30.0 Å². The number of hydrogen-bond acceptors (Lipinski definition) is 3. The zero-order valence-corrected chi connectivity index (χ0v) is 13.2. The SMILES string of the molecule is CC(C)(C)Oc1cc(F)cc(C(CCC(=N)N)NC(F)(F)F)c1. The highest BCUT2D eigenvalue weighted by Crippen LogP contribution is 2.29. The Morgan fingerprint density at radius 2 is 1.87 bits per heavy atom. The van der Waals surface area contributed by atoms with Gasteiger partial charge in [0.15, 0.2) is 0 Å². The Balaban J connectivity index is 3.10. The molecule has 4 N–H and O–H groups in total. The molecule has 1 atom stereocenters. The Morgan fingerprint density at radius 3 is 2.35 bits per heavy atom. The Bertz CT molecular complexity index is 553. The third-order valence-electron chi connectivity index (χ3n) is 2.76. The average Bonchev–Trinajstić information content (AvgIpc) is 2.29. The minimum absolute atomic E-state index is 0.0419. The second-order valence-corrected chi connectivity index (χ2v) is 6.19. The summed E-state index contributed by atoms with van der Waals surface area (Å²) in [5.41, 5.74) is 4.67. The van der Waals surface area contributed by atoms with Crippen molar-refractivity contribution in [2.45, 2.75) is 51.6 Å². The highest BCUT2D eigenvalue weighted by Gasteiger charge is 2.32. The molecule has 0 aromatic heterocycles. The quantitative estimate of drug-likeness (QED) is 0.320. The predicted octanol–water partition coefficient (Wildman–Crippen LogP) is 3.87. The lowest BCUT2D eigenvalue weighted by Gasteiger charge is -2.24. The maximum absolute atomic E-state index is 13.7. The van der Waals surface area contributed by atoms with Gasteiger partial charge in [0.1, 0.15) is 17.2 Å². The van der Waals surface area contributed by atoms with Crippen LogP contribution in [-0.2, 0) is 0 Å². The third-order valence-corrected chi connectivity index (χ3v) is 2.76. The van der Waals surface area contributed by atoms with Crippen LogP contribution in [0, 0.1) is 11.2 Å². The standard InChI is InChI=1S/C15H21F4N3O/c1-14(2,3)23-11-7-9(6-10(16)8-11)12(4-5-13(20)21)22-15(17,18)19/h6-8,12,22H,4-5H2,1-3H3,(H3,20,21). The summed E-state index contributed by atoms with van der Waals surface area (Å²) in [5.74, 6) is -0.788. The minimum Gasteiger partial charge on any atom is -0.488 e. The van der Waals surface area contributed by atoms with Gasteiger partial charge in [-0.2, -0.15) is 13.2 Å². The van der Waals surface area contributed by atoms with Crippen LogP contribution in [0.15, 0.2) is 18.2 Å². The first kappa shape index (κ1) is 19.2. The summed E-state index contributed by atoms with van der Waals surface area (Å²) < 4.78 is 57.3. The molecule has 0 fully saturated rings. The fraction of sp³-hybridized carbons (Fsp3) is 0.533. The van der Waals surface area contributed by atoms with Gasteiger partial charge in [-0.1, -0.05) is 0 Å². The number of nitrogens with two attached hydrogens (primary N) is 1. The van der Waals surface area contributed by atoms with Gasteiger partial charge in [-0.15, -0.1) is 0 Å². The van der Waals surface area contributed by atoms with E-state index in [2.05, 4.69) is 0 Å². The molecule has 1 rings (SSSR count). The van der Waals surface area contributed by atoms with Gasteiger partial charge in [-0.05, 0) is 44.9 Å². The second kappa shape index (κ2) is 7.16. The molecule has 0 aliphatic heterocycles. The fourth-order valence-electron chi connectivity index (χ4n) is 2.02. The summed E-state index contributed by atoms with van der Waals surface area (Å²) in [6, 6.07) is 2.26. The van der Waals surface area contributed by atoms with Crippen molar-refractivity contribution in [1.82, 2.24) is 5.32 Å². The van der Waals surface area contributed by atoms with Crippen LogP contribution in [0.3, 0.4) is 0 Å². The minimum atomic E-state index is -4.64. The monoisotopic (exact) mass is 335 g/mol. The highest BCUT2D eigenvalue weighted by atomic mass is 19.4. The molecule has 0 amide bonds. The topological polar surface area (TPSA) is 71.1 Å². The molecule has 0 radical (unpaired) electrons. The first-order valence-corrected chi connectivity index (χ1v) is 7.02. The summed E-state index contributed by atoms with van der Waals surface area (Å²) in [4.78, 5) is 0. The predicted molar refractivity (Wildman–Crippen MR) is 79.9 cm³/mol. The van der Waals surface area contributed by atoms with E-state index in [0.717, 1.165) is 12.1 Å². The lowest BCUT2D eigenvalue weighted by molar-refractivity contribution is -0.165. The van der Waals surface area contributed by atoms with Gasteiger partial charge in [0.2, 0.25) is 0 Å². The molecule has 0 heterocycles. The van der Waals surface area contributed by atoms with Gasteiger partial charge < -0.3 is 10.5 Å². The summed E-state index contributed by atoms with van der Waals surface area (Å²) in [6.45, 7) is 5.25. The normalized spacial score (nSPS) is 13.7. The van der Waals surface area contributed by atoms with Gasteiger partial charge in [-0.25, -0.2) is 9.71 Å². The van der Waals surface area contributed by atoms with E-state index in [1.165, 1.54) is 11.4 Å². The maximum Gasteiger partial charge on any atom is 0.457 e. The molecule has 1 unspecified atom stereocenters. The molecule has 130 valence electrons. The van der Waals surface area contributed by atoms with Crippen molar-refractivity contribution >= 4 is 5.84 Å². The van der Waals surface area contributed by atoms with Crippen LogP contribution in [0.1, 0.15) is 45.2 Å². The van der Waals surface area contributed by atoms with Crippen molar-refractivity contribution in [2.75, 3.05) is 0 Å². The van der Waals surface area contributed by atoms with Gasteiger partial charge in [0.05, 0.1) is 5.84 Å². The van der Waals surface area contributed by atoms with Crippen LogP contribution in [-0.4, -0.2) is 17.7 Å². The van der Waals surface area contributed by atoms with Crippen LogP contribution >= 0.6 is 0 Å². The highest BCUT2D eigenvalue weighted by molar-refractivity contribution is 5.76. The third kappa shape index (κ3) is 7.83. The zero-order valence-electron chi connectivity index (χ0n) is 13.2. The van der Waals surface area contributed by atoms with Crippen molar-refractivity contribution in [3.63, 3.8) is 0 Å². The first-order chi connectivity index (χ1) is 10.4. The number of alkyl halides is 3. The Hall–Kier alpha value is -1.83. The van der Waals surface area contributed by atoms with E-state index in [1.807, 2.05) is 0 Å². The molecule has 1 aromatic rings. The molecular weight excluding hydrogens is 314 g/mol. The number of nitrogens with one attached hydrogen (secondary N) is 2. The molecular formula is C15H21F4N3O. The van der Waals surface area contributed by atoms with E-state index in [9.17, 15) is 17.6 Å². The van der Waals surface area contributed by atoms with Crippen LogP contribution in [0.2, 0.25) is 0 Å². The van der Waals surface area contributed by atoms with Crippen LogP contribution in [0.4, 0.5) is 17.6 Å². The molecule has 0 saturated heterocycles. The number of rotatable bonds is 6. The molecule has 4 nitrogen and oxygen atoms in total. The summed E-state index contributed by atoms with van der Waals surface area (Å²) >= 11 is 0. The van der Waals surface area contributed by atoms with E-state index in [4.69, 9.17) is 15.9 Å². The van der Waals surface area contributed by atoms with Gasteiger partial charge in [0.25, 0.3) is 0 Å². The van der Waals surface area contributed by atoms with Crippen LogP contribution in [0.5, 0.6) is 5.75 Å². The van der Waals surface area contributed by atoms with Gasteiger partial charge in [0, 0.05) is 18.5 Å². The van der Waals surface area contributed by atoms with Crippen molar-refractivity contribution in [1.29, 1.82) is 5.41 Å². The Labute approximate surface area is 132 Å². The number of amidine groups is 1. The van der Waals surface area contributed by atoms with Crippen LogP contribution < -0.4 is 15.8 Å². The molecule has 23 heavy (non-hydrogen) atoms. The van der Waals surface area contributed by atoms with Gasteiger partial charge in [-0.3, -0.25) is 5.41 Å². The molecule has 1 aromatic carbocycles. The molecule has 8 heteroatoms. The van der Waals surface area contributed by atoms with Crippen molar-refractivity contribution in [3.8, 4) is 5.75 Å². The lowest BCUT2D eigenvalue weighted by Crippen LogP contribution is -2.36. The zero-order chi connectivity index (χ0) is 17.8. The second-order valence-electron chi connectivity index (χ2n) is 6.19. The number of ether oxygens (including phenoxy) is 1. The molecule has 0 spiro atoms. The van der Waals surface area contributed by atoms with E-state index < -0.39 is 23.8 Å². The van der Waals surface area contributed by atoms with Crippen molar-refractivity contribution in [2.24, 2.45) is 5.73 Å². The average molecular weight is 335 g/mol. The van der Waals surface area contributed by atoms with Crippen LogP contribution in [0.25, 0.3) is 0 Å². The number of benzene rings is 1. The molecule has 0 aliphatic carbocycles. The summed E-state index contributed by atoms with van der Waals surface area (Å²) in [6.07, 6.45) is -4.77.